The molecule has 1 amide bonds. The predicted octanol–water partition coefficient (Wildman–Crippen LogP) is 4.29. The maximum Gasteiger partial charge on any atom is 0.253 e. The summed E-state index contributed by atoms with van der Waals surface area (Å²) in [6, 6.07) is 19.1. The monoisotopic (exact) mass is 446 g/mol. The second-order valence-electron chi connectivity index (χ2n) is 7.98. The van der Waals surface area contributed by atoms with Crippen LogP contribution in [-0.2, 0) is 0 Å². The fourth-order valence-electron chi connectivity index (χ4n) is 3.84. The predicted molar refractivity (Wildman–Crippen MR) is 129 cm³/mol. The Morgan fingerprint density at radius 1 is 0.939 bits per heavy atom. The Bertz CT molecular complexity index is 1050. The minimum atomic E-state index is 0.0485. The van der Waals surface area contributed by atoms with Gasteiger partial charge in [0.1, 0.15) is 11.5 Å². The summed E-state index contributed by atoms with van der Waals surface area (Å²) in [5, 5.41) is 8.83. The van der Waals surface area contributed by atoms with Crippen LogP contribution in [0, 0.1) is 0 Å². The number of carbonyl (C=O) groups is 1. The molecule has 0 saturated carbocycles. The summed E-state index contributed by atoms with van der Waals surface area (Å²) in [7, 11) is 1.65. The maximum absolute atomic E-state index is 12.9. The van der Waals surface area contributed by atoms with Crippen molar-refractivity contribution in [2.45, 2.75) is 19.8 Å². The molecule has 1 saturated heterocycles. The first-order chi connectivity index (χ1) is 16.2. The smallest absolute Gasteiger partial charge is 0.253 e. The summed E-state index contributed by atoms with van der Waals surface area (Å²) < 4.78 is 11.1. The van der Waals surface area contributed by atoms with E-state index in [0.717, 1.165) is 41.4 Å². The molecule has 1 aromatic heterocycles. The van der Waals surface area contributed by atoms with E-state index < -0.39 is 0 Å². The summed E-state index contributed by atoms with van der Waals surface area (Å²) in [6.07, 6.45) is 2.12. The molecule has 7 heteroatoms. The number of hydrogen-bond donors (Lipinski definition) is 0. The van der Waals surface area contributed by atoms with Crippen LogP contribution in [-0.4, -0.2) is 60.9 Å². The second-order valence-corrected chi connectivity index (χ2v) is 7.98. The highest BCUT2D eigenvalue weighted by Crippen LogP contribution is 2.28. The van der Waals surface area contributed by atoms with Crippen molar-refractivity contribution in [1.29, 1.82) is 0 Å². The summed E-state index contributed by atoms with van der Waals surface area (Å²) in [5.41, 5.74) is 2.37. The number of piperazine rings is 1. The van der Waals surface area contributed by atoms with Gasteiger partial charge in [-0.15, -0.1) is 10.2 Å². The first-order valence-corrected chi connectivity index (χ1v) is 11.4. The van der Waals surface area contributed by atoms with E-state index in [1.807, 2.05) is 65.6 Å². The molecule has 0 aliphatic carbocycles. The van der Waals surface area contributed by atoms with E-state index in [-0.39, 0.29) is 5.91 Å². The molecule has 33 heavy (non-hydrogen) atoms. The second kappa shape index (κ2) is 10.8. The Morgan fingerprint density at radius 3 is 2.36 bits per heavy atom. The standard InChI is InChI=1S/C26H30N4O3/c1-3-4-19-33-21-11-9-20(10-12-21)26(31)30-17-15-29(16-18-30)25-14-13-23(27-28-25)22-7-5-6-8-24(22)32-2/h5-14H,3-4,15-19H2,1-2H3. The average molecular weight is 447 g/mol. The van der Waals surface area contributed by atoms with Crippen LogP contribution in [0.1, 0.15) is 30.1 Å². The molecular weight excluding hydrogens is 416 g/mol. The van der Waals surface area contributed by atoms with Gasteiger partial charge in [-0.1, -0.05) is 25.5 Å². The van der Waals surface area contributed by atoms with Crippen LogP contribution in [0.2, 0.25) is 0 Å². The molecule has 0 unspecified atom stereocenters. The zero-order valence-corrected chi connectivity index (χ0v) is 19.2. The van der Waals surface area contributed by atoms with Crippen molar-refractivity contribution >= 4 is 11.7 Å². The molecule has 1 aliphatic heterocycles. The third-order valence-electron chi connectivity index (χ3n) is 5.79. The van der Waals surface area contributed by atoms with Crippen molar-refractivity contribution in [3.05, 3.63) is 66.2 Å². The lowest BCUT2D eigenvalue weighted by atomic mass is 10.1. The lowest BCUT2D eigenvalue weighted by Crippen LogP contribution is -2.49. The van der Waals surface area contributed by atoms with Gasteiger partial charge in [0.2, 0.25) is 0 Å². The number of methoxy groups -OCH3 is 1. The minimum Gasteiger partial charge on any atom is -0.496 e. The van der Waals surface area contributed by atoms with Crippen molar-refractivity contribution in [1.82, 2.24) is 15.1 Å². The van der Waals surface area contributed by atoms with Crippen molar-refractivity contribution in [2.75, 3.05) is 44.8 Å². The SMILES string of the molecule is CCCCOc1ccc(C(=O)N2CCN(c3ccc(-c4ccccc4OC)nn3)CC2)cc1. The number of aromatic nitrogens is 2. The van der Waals surface area contributed by atoms with Crippen molar-refractivity contribution in [2.24, 2.45) is 0 Å². The topological polar surface area (TPSA) is 67.8 Å². The highest BCUT2D eigenvalue weighted by Gasteiger charge is 2.23. The molecule has 172 valence electrons. The third-order valence-corrected chi connectivity index (χ3v) is 5.79. The van der Waals surface area contributed by atoms with Gasteiger partial charge in [0.05, 0.1) is 19.4 Å². The first kappa shape index (κ1) is 22.6. The zero-order valence-electron chi connectivity index (χ0n) is 19.2. The highest BCUT2D eigenvalue weighted by atomic mass is 16.5. The molecule has 2 heterocycles. The molecule has 0 bridgehead atoms. The Kier molecular flexibility index (Phi) is 7.40. The molecule has 0 N–H and O–H groups in total. The fraction of sp³-hybridized carbons (Fsp3) is 0.346. The number of unbranched alkanes of at least 4 members (excludes halogenated alkanes) is 1. The van der Waals surface area contributed by atoms with Crippen molar-refractivity contribution in [3.63, 3.8) is 0 Å². The zero-order chi connectivity index (χ0) is 23.0. The number of anilines is 1. The van der Waals surface area contributed by atoms with Gasteiger partial charge in [0, 0.05) is 37.3 Å². The van der Waals surface area contributed by atoms with E-state index in [1.54, 1.807) is 7.11 Å². The Morgan fingerprint density at radius 2 is 1.70 bits per heavy atom. The molecule has 1 aliphatic rings. The van der Waals surface area contributed by atoms with Gasteiger partial charge in [-0.05, 0) is 55.0 Å². The summed E-state index contributed by atoms with van der Waals surface area (Å²) in [6.45, 7) is 5.55. The summed E-state index contributed by atoms with van der Waals surface area (Å²) in [5.74, 6) is 2.44. The lowest BCUT2D eigenvalue weighted by molar-refractivity contribution is 0.0746. The lowest BCUT2D eigenvalue weighted by Gasteiger charge is -2.35. The number of nitrogens with zero attached hydrogens (tertiary/aromatic N) is 4. The van der Waals surface area contributed by atoms with Gasteiger partial charge < -0.3 is 19.3 Å². The summed E-state index contributed by atoms with van der Waals surface area (Å²) in [4.78, 5) is 17.0. The number of amides is 1. The Hall–Kier alpha value is -3.61. The van der Waals surface area contributed by atoms with Crippen LogP contribution < -0.4 is 14.4 Å². The molecule has 2 aromatic carbocycles. The molecule has 7 nitrogen and oxygen atoms in total. The molecule has 0 radical (unpaired) electrons. The first-order valence-electron chi connectivity index (χ1n) is 11.4. The van der Waals surface area contributed by atoms with Gasteiger partial charge >= 0.3 is 0 Å². The van der Waals surface area contributed by atoms with Gasteiger partial charge in [-0.3, -0.25) is 4.79 Å². The summed E-state index contributed by atoms with van der Waals surface area (Å²) >= 11 is 0. The van der Waals surface area contributed by atoms with Crippen LogP contribution >= 0.6 is 0 Å². The molecule has 1 fully saturated rings. The number of rotatable bonds is 8. The third kappa shape index (κ3) is 5.42. The Labute approximate surface area is 195 Å². The van der Waals surface area contributed by atoms with Crippen LogP contribution in [0.3, 0.4) is 0 Å². The molecule has 4 rings (SSSR count). The van der Waals surface area contributed by atoms with Gasteiger partial charge in [0.15, 0.2) is 5.82 Å². The van der Waals surface area contributed by atoms with E-state index in [4.69, 9.17) is 9.47 Å². The number of ether oxygens (including phenoxy) is 2. The van der Waals surface area contributed by atoms with E-state index in [2.05, 4.69) is 22.0 Å². The van der Waals surface area contributed by atoms with Crippen LogP contribution in [0.15, 0.2) is 60.7 Å². The van der Waals surface area contributed by atoms with Crippen molar-refractivity contribution in [3.8, 4) is 22.8 Å². The highest BCUT2D eigenvalue weighted by molar-refractivity contribution is 5.94. The van der Waals surface area contributed by atoms with Crippen LogP contribution in [0.5, 0.6) is 11.5 Å². The van der Waals surface area contributed by atoms with Gasteiger partial charge in [-0.2, -0.15) is 0 Å². The largest absolute Gasteiger partial charge is 0.496 e. The number of para-hydroxylation sites is 1. The van der Waals surface area contributed by atoms with E-state index in [0.29, 0.717) is 38.3 Å². The fourth-order valence-corrected chi connectivity index (χ4v) is 3.84. The average Bonchev–Trinajstić information content (AvgIpc) is 2.89. The quantitative estimate of drug-likeness (QED) is 0.481. The number of carbonyl (C=O) groups excluding carboxylic acids is 1. The van der Waals surface area contributed by atoms with Gasteiger partial charge in [0.25, 0.3) is 5.91 Å². The van der Waals surface area contributed by atoms with E-state index in [9.17, 15) is 4.79 Å². The molecule has 0 spiro atoms. The normalized spacial score (nSPS) is 13.6. The Balaban J connectivity index is 1.33. The van der Waals surface area contributed by atoms with Crippen LogP contribution in [0.25, 0.3) is 11.3 Å². The van der Waals surface area contributed by atoms with Gasteiger partial charge in [-0.25, -0.2) is 0 Å². The number of hydrogen-bond acceptors (Lipinski definition) is 6. The maximum atomic E-state index is 12.9. The van der Waals surface area contributed by atoms with Crippen molar-refractivity contribution < 1.29 is 14.3 Å². The minimum absolute atomic E-state index is 0.0485. The van der Waals surface area contributed by atoms with Crippen LogP contribution in [0.4, 0.5) is 5.82 Å². The molecular formula is C26H30N4O3. The van der Waals surface area contributed by atoms with E-state index >= 15 is 0 Å². The molecule has 0 atom stereocenters. The number of benzene rings is 2. The van der Waals surface area contributed by atoms with E-state index in [1.165, 1.54) is 0 Å². The molecule has 3 aromatic rings.